The van der Waals surface area contributed by atoms with Crippen molar-refractivity contribution >= 4 is 46.5 Å². The summed E-state index contributed by atoms with van der Waals surface area (Å²) in [5.41, 5.74) is 8.97. The second-order valence-corrected chi connectivity index (χ2v) is 6.82. The number of hydrogen-bond donors (Lipinski definition) is 2. The van der Waals surface area contributed by atoms with Gasteiger partial charge < -0.3 is 15.8 Å². The van der Waals surface area contributed by atoms with Crippen molar-refractivity contribution in [2.45, 2.75) is 6.92 Å². The van der Waals surface area contributed by atoms with Crippen molar-refractivity contribution in [2.24, 2.45) is 0 Å². The quantitative estimate of drug-likeness (QED) is 0.339. The molecule has 3 aromatic carbocycles. The standard InChI is InChI=1S/C21H16Cl2N2O3/c1-12(26)28-16-6-2-13(3-7-16)21(27)25-20-11-15(5-9-19(20)24)14-4-8-17(22)18(23)10-14/h2-11H,24H2,1H3,(H,25,27). The lowest BCUT2D eigenvalue weighted by atomic mass is 10.0. The van der Waals surface area contributed by atoms with Crippen molar-refractivity contribution in [3.05, 3.63) is 76.3 Å². The molecule has 5 nitrogen and oxygen atoms in total. The number of hydrogen-bond acceptors (Lipinski definition) is 4. The number of nitrogens with two attached hydrogens (primary N) is 1. The van der Waals surface area contributed by atoms with Crippen LogP contribution in [0.2, 0.25) is 10.0 Å². The fourth-order valence-corrected chi connectivity index (χ4v) is 2.85. The van der Waals surface area contributed by atoms with Crippen LogP contribution < -0.4 is 15.8 Å². The zero-order valence-electron chi connectivity index (χ0n) is 14.8. The maximum absolute atomic E-state index is 12.5. The Morgan fingerprint density at radius 1 is 0.893 bits per heavy atom. The fourth-order valence-electron chi connectivity index (χ4n) is 2.55. The first-order valence-corrected chi connectivity index (χ1v) is 9.04. The first-order valence-electron chi connectivity index (χ1n) is 8.28. The molecule has 0 aliphatic carbocycles. The zero-order chi connectivity index (χ0) is 20.3. The third-order valence-electron chi connectivity index (χ3n) is 3.93. The van der Waals surface area contributed by atoms with Gasteiger partial charge in [0, 0.05) is 12.5 Å². The highest BCUT2D eigenvalue weighted by atomic mass is 35.5. The van der Waals surface area contributed by atoms with Gasteiger partial charge in [0.25, 0.3) is 5.91 Å². The zero-order valence-corrected chi connectivity index (χ0v) is 16.3. The first kappa shape index (κ1) is 19.7. The molecule has 28 heavy (non-hydrogen) atoms. The van der Waals surface area contributed by atoms with Gasteiger partial charge in [-0.1, -0.05) is 35.3 Å². The molecular formula is C21H16Cl2N2O3. The van der Waals surface area contributed by atoms with Crippen LogP contribution in [0.25, 0.3) is 11.1 Å². The fraction of sp³-hybridized carbons (Fsp3) is 0.0476. The molecular weight excluding hydrogens is 399 g/mol. The normalized spacial score (nSPS) is 10.4. The third kappa shape index (κ3) is 4.63. The number of carbonyl (C=O) groups is 2. The Bertz CT molecular complexity index is 1050. The molecule has 0 heterocycles. The van der Waals surface area contributed by atoms with Crippen LogP contribution in [0.1, 0.15) is 17.3 Å². The van der Waals surface area contributed by atoms with Crippen LogP contribution in [-0.2, 0) is 4.79 Å². The Morgan fingerprint density at radius 2 is 1.54 bits per heavy atom. The van der Waals surface area contributed by atoms with E-state index in [1.807, 2.05) is 12.1 Å². The average Bonchev–Trinajstić information content (AvgIpc) is 2.66. The van der Waals surface area contributed by atoms with Gasteiger partial charge >= 0.3 is 5.97 Å². The molecule has 0 saturated heterocycles. The minimum Gasteiger partial charge on any atom is -0.427 e. The number of carbonyl (C=O) groups excluding carboxylic acids is 2. The minimum atomic E-state index is -0.427. The van der Waals surface area contributed by atoms with Crippen LogP contribution in [-0.4, -0.2) is 11.9 Å². The molecule has 0 fully saturated rings. The summed E-state index contributed by atoms with van der Waals surface area (Å²) >= 11 is 12.0. The van der Waals surface area contributed by atoms with E-state index in [1.54, 1.807) is 48.5 Å². The molecule has 3 aromatic rings. The van der Waals surface area contributed by atoms with Crippen molar-refractivity contribution in [1.82, 2.24) is 0 Å². The Labute approximate surface area is 172 Å². The summed E-state index contributed by atoms with van der Waals surface area (Å²) in [5, 5.41) is 3.70. The number of halogens is 2. The number of anilines is 2. The topological polar surface area (TPSA) is 81.4 Å². The molecule has 1 amide bonds. The Hall–Kier alpha value is -3.02. The third-order valence-corrected chi connectivity index (χ3v) is 4.67. The second kappa shape index (κ2) is 8.33. The van der Waals surface area contributed by atoms with Gasteiger partial charge in [-0.2, -0.15) is 0 Å². The number of benzene rings is 3. The van der Waals surface area contributed by atoms with Crippen LogP contribution in [0.3, 0.4) is 0 Å². The number of nitrogen functional groups attached to an aromatic ring is 1. The van der Waals surface area contributed by atoms with Crippen molar-refractivity contribution in [3.8, 4) is 16.9 Å². The molecule has 0 unspecified atom stereocenters. The van der Waals surface area contributed by atoms with Crippen LogP contribution in [0.15, 0.2) is 60.7 Å². The van der Waals surface area contributed by atoms with E-state index in [0.29, 0.717) is 32.7 Å². The highest BCUT2D eigenvalue weighted by Gasteiger charge is 2.11. The molecule has 0 aliphatic rings. The largest absolute Gasteiger partial charge is 0.427 e. The number of amides is 1. The molecule has 0 bridgehead atoms. The lowest BCUT2D eigenvalue weighted by Gasteiger charge is -2.11. The van der Waals surface area contributed by atoms with Crippen LogP contribution >= 0.6 is 23.2 Å². The maximum Gasteiger partial charge on any atom is 0.308 e. The second-order valence-electron chi connectivity index (χ2n) is 6.00. The van der Waals surface area contributed by atoms with Crippen molar-refractivity contribution in [3.63, 3.8) is 0 Å². The van der Waals surface area contributed by atoms with Crippen molar-refractivity contribution < 1.29 is 14.3 Å². The lowest BCUT2D eigenvalue weighted by Crippen LogP contribution is -2.13. The van der Waals surface area contributed by atoms with Gasteiger partial charge in [-0.3, -0.25) is 9.59 Å². The molecule has 142 valence electrons. The molecule has 0 aliphatic heterocycles. The predicted octanol–water partition coefficient (Wildman–Crippen LogP) is 5.42. The van der Waals surface area contributed by atoms with Gasteiger partial charge in [0.05, 0.1) is 21.4 Å². The van der Waals surface area contributed by atoms with Gasteiger partial charge in [-0.05, 0) is 59.7 Å². The number of rotatable bonds is 4. The van der Waals surface area contributed by atoms with Gasteiger partial charge in [0.1, 0.15) is 5.75 Å². The van der Waals surface area contributed by atoms with Crippen LogP contribution in [0.5, 0.6) is 5.75 Å². The summed E-state index contributed by atoms with van der Waals surface area (Å²) in [6, 6.07) is 16.8. The minimum absolute atomic E-state index is 0.340. The summed E-state index contributed by atoms with van der Waals surface area (Å²) < 4.78 is 4.96. The smallest absolute Gasteiger partial charge is 0.308 e. The van der Waals surface area contributed by atoms with Gasteiger partial charge in [0.15, 0.2) is 0 Å². The van der Waals surface area contributed by atoms with Crippen LogP contribution in [0.4, 0.5) is 11.4 Å². The van der Waals surface area contributed by atoms with E-state index in [2.05, 4.69) is 5.32 Å². The molecule has 7 heteroatoms. The molecule has 3 rings (SSSR count). The maximum atomic E-state index is 12.5. The Kier molecular flexibility index (Phi) is 5.87. The molecule has 0 radical (unpaired) electrons. The van der Waals surface area contributed by atoms with E-state index in [9.17, 15) is 9.59 Å². The van der Waals surface area contributed by atoms with E-state index in [0.717, 1.165) is 11.1 Å². The highest BCUT2D eigenvalue weighted by Crippen LogP contribution is 2.32. The van der Waals surface area contributed by atoms with Crippen LogP contribution in [0, 0.1) is 0 Å². The molecule has 0 atom stereocenters. The van der Waals surface area contributed by atoms with E-state index in [1.165, 1.54) is 6.92 Å². The summed E-state index contributed by atoms with van der Waals surface area (Å²) in [6.45, 7) is 1.31. The van der Waals surface area contributed by atoms with Gasteiger partial charge in [-0.15, -0.1) is 0 Å². The first-order chi connectivity index (χ1) is 13.3. The summed E-state index contributed by atoms with van der Waals surface area (Å²) in [7, 11) is 0. The molecule has 0 aromatic heterocycles. The predicted molar refractivity (Wildman–Crippen MR) is 112 cm³/mol. The van der Waals surface area contributed by atoms with Gasteiger partial charge in [0.2, 0.25) is 0 Å². The van der Waals surface area contributed by atoms with E-state index < -0.39 is 5.97 Å². The Balaban J connectivity index is 1.82. The van der Waals surface area contributed by atoms with Crippen molar-refractivity contribution in [2.75, 3.05) is 11.1 Å². The number of nitrogens with one attached hydrogen (secondary N) is 1. The summed E-state index contributed by atoms with van der Waals surface area (Å²) in [5.74, 6) is -0.401. The number of esters is 1. The lowest BCUT2D eigenvalue weighted by molar-refractivity contribution is -0.131. The monoisotopic (exact) mass is 414 g/mol. The average molecular weight is 415 g/mol. The molecule has 0 saturated carbocycles. The highest BCUT2D eigenvalue weighted by molar-refractivity contribution is 6.42. The number of ether oxygens (including phenoxy) is 1. The van der Waals surface area contributed by atoms with E-state index in [-0.39, 0.29) is 5.91 Å². The summed E-state index contributed by atoms with van der Waals surface area (Å²) in [6.07, 6.45) is 0. The Morgan fingerprint density at radius 3 is 2.18 bits per heavy atom. The molecule has 0 spiro atoms. The molecule has 3 N–H and O–H groups in total. The van der Waals surface area contributed by atoms with Gasteiger partial charge in [-0.25, -0.2) is 0 Å². The summed E-state index contributed by atoms with van der Waals surface area (Å²) in [4.78, 5) is 23.5. The van der Waals surface area contributed by atoms with E-state index >= 15 is 0 Å². The SMILES string of the molecule is CC(=O)Oc1ccc(C(=O)Nc2cc(-c3ccc(Cl)c(Cl)c3)ccc2N)cc1. The van der Waals surface area contributed by atoms with E-state index in [4.69, 9.17) is 33.7 Å². The van der Waals surface area contributed by atoms with Crippen molar-refractivity contribution in [1.29, 1.82) is 0 Å².